The van der Waals surface area contributed by atoms with Crippen molar-refractivity contribution in [2.75, 3.05) is 0 Å². The zero-order valence-corrected chi connectivity index (χ0v) is 13.4. The third kappa shape index (κ3) is 3.01. The Morgan fingerprint density at radius 2 is 2.12 bits per heavy atom. The molecule has 4 rings (SSSR count). The van der Waals surface area contributed by atoms with Gasteiger partial charge in [-0.05, 0) is 37.1 Å². The van der Waals surface area contributed by atoms with Crippen LogP contribution in [0, 0.1) is 11.3 Å². The number of aromatic nitrogens is 2. The Labute approximate surface area is 144 Å². The van der Waals surface area contributed by atoms with Crippen LogP contribution in [0.4, 0.5) is 4.39 Å². The molecule has 2 aromatic rings. The quantitative estimate of drug-likeness (QED) is 0.891. The number of rotatable bonds is 3. The number of piperidine rings is 1. The van der Waals surface area contributed by atoms with Gasteiger partial charge >= 0.3 is 0 Å². The monoisotopic (exact) mass is 340 g/mol. The van der Waals surface area contributed by atoms with Crippen molar-refractivity contribution in [2.45, 2.75) is 43.6 Å². The minimum absolute atomic E-state index is 0.0410. The molecule has 6 nitrogen and oxygen atoms in total. The predicted molar refractivity (Wildman–Crippen MR) is 87.7 cm³/mol. The van der Waals surface area contributed by atoms with Gasteiger partial charge in [-0.2, -0.15) is 5.26 Å². The topological polar surface area (TPSA) is 91.1 Å². The van der Waals surface area contributed by atoms with Crippen LogP contribution in [0.3, 0.4) is 0 Å². The zero-order chi connectivity index (χ0) is 17.4. The van der Waals surface area contributed by atoms with E-state index in [4.69, 9.17) is 10.00 Å². The summed E-state index contributed by atoms with van der Waals surface area (Å²) in [6, 6.07) is 10.0. The Morgan fingerprint density at radius 3 is 2.84 bits per heavy atom. The molecular formula is C18H17FN4O2. The summed E-state index contributed by atoms with van der Waals surface area (Å²) in [4.78, 5) is 0. The lowest BCUT2D eigenvalue weighted by Crippen LogP contribution is -2.51. The molecule has 2 aliphatic rings. The van der Waals surface area contributed by atoms with Gasteiger partial charge in [0.1, 0.15) is 11.9 Å². The van der Waals surface area contributed by atoms with Gasteiger partial charge < -0.3 is 15.2 Å². The highest BCUT2D eigenvalue weighted by atomic mass is 19.1. The number of fused-ring (bicyclic) bond motifs is 2. The first-order chi connectivity index (χ1) is 12.1. The second-order valence-corrected chi connectivity index (χ2v) is 6.48. The molecule has 2 aliphatic heterocycles. The van der Waals surface area contributed by atoms with E-state index in [-0.39, 0.29) is 17.7 Å². The fourth-order valence-corrected chi connectivity index (χ4v) is 3.57. The van der Waals surface area contributed by atoms with Crippen molar-refractivity contribution in [3.63, 3.8) is 0 Å². The van der Waals surface area contributed by atoms with E-state index in [9.17, 15) is 9.50 Å². The molecule has 0 amide bonds. The van der Waals surface area contributed by atoms with Crippen LogP contribution >= 0.6 is 0 Å². The van der Waals surface area contributed by atoms with Crippen molar-refractivity contribution in [1.29, 1.82) is 5.26 Å². The molecule has 2 bridgehead atoms. The van der Waals surface area contributed by atoms with Gasteiger partial charge in [-0.25, -0.2) is 4.39 Å². The summed E-state index contributed by atoms with van der Waals surface area (Å²) < 4.78 is 20.1. The Bertz CT molecular complexity index is 821. The van der Waals surface area contributed by atoms with Crippen molar-refractivity contribution in [1.82, 2.24) is 15.5 Å². The minimum Gasteiger partial charge on any atom is -0.507 e. The molecule has 3 heterocycles. The first-order valence-corrected chi connectivity index (χ1v) is 8.28. The third-order valence-corrected chi connectivity index (χ3v) is 4.85. The Hall–Kier alpha value is -2.72. The molecule has 0 aliphatic carbocycles. The summed E-state index contributed by atoms with van der Waals surface area (Å²) >= 11 is 0. The lowest BCUT2D eigenvalue weighted by molar-refractivity contribution is 0.0422. The second-order valence-electron chi connectivity index (χ2n) is 6.48. The molecular weight excluding hydrogens is 323 g/mol. The maximum atomic E-state index is 14.4. The van der Waals surface area contributed by atoms with Crippen LogP contribution in [-0.2, 0) is 0 Å². The fourth-order valence-electron chi connectivity index (χ4n) is 3.57. The number of aromatic hydroxyl groups is 1. The lowest BCUT2D eigenvalue weighted by Gasteiger charge is -2.32. The van der Waals surface area contributed by atoms with Crippen LogP contribution in [0.5, 0.6) is 11.6 Å². The smallest absolute Gasteiger partial charge is 0.233 e. The first-order valence-electron chi connectivity index (χ1n) is 8.28. The van der Waals surface area contributed by atoms with Crippen LogP contribution in [0.1, 0.15) is 24.8 Å². The molecule has 2 fully saturated rings. The van der Waals surface area contributed by atoms with Crippen molar-refractivity contribution < 1.29 is 14.2 Å². The number of hydrogen-bond acceptors (Lipinski definition) is 6. The highest BCUT2D eigenvalue weighted by Gasteiger charge is 2.43. The standard InChI is InChI=1S/C18H17FN4O2/c19-18-14-4-2-11(21-14)8-16(18)25-17-6-5-13(22-23-17)12-3-1-10(9-20)7-15(12)24/h1,3,5-7,11,14,16,18,21,24H,2,4,8H2/t11?,14?,16-,18+/m1/s1. The number of nitrogens with zero attached hydrogens (tertiary/aromatic N) is 3. The molecule has 4 atom stereocenters. The van der Waals surface area contributed by atoms with Gasteiger partial charge in [-0.1, -0.05) is 0 Å². The minimum atomic E-state index is -1.05. The number of nitriles is 1. The van der Waals surface area contributed by atoms with Gasteiger partial charge in [0.15, 0.2) is 6.17 Å². The van der Waals surface area contributed by atoms with Crippen LogP contribution in [-0.4, -0.2) is 39.7 Å². The number of phenols is 1. The molecule has 2 saturated heterocycles. The summed E-state index contributed by atoms with van der Waals surface area (Å²) in [7, 11) is 0. The maximum absolute atomic E-state index is 14.4. The first kappa shape index (κ1) is 15.8. The third-order valence-electron chi connectivity index (χ3n) is 4.85. The van der Waals surface area contributed by atoms with E-state index in [0.717, 1.165) is 12.8 Å². The van der Waals surface area contributed by atoms with Gasteiger partial charge in [0.05, 0.1) is 17.3 Å². The molecule has 1 aromatic heterocycles. The summed E-state index contributed by atoms with van der Waals surface area (Å²) in [6.45, 7) is 0. The Morgan fingerprint density at radius 1 is 1.24 bits per heavy atom. The lowest BCUT2D eigenvalue weighted by atomic mass is 10.0. The molecule has 128 valence electrons. The summed E-state index contributed by atoms with van der Waals surface area (Å²) in [5.74, 6) is 0.228. The van der Waals surface area contributed by atoms with Crippen LogP contribution in [0.25, 0.3) is 11.3 Å². The summed E-state index contributed by atoms with van der Waals surface area (Å²) in [6.07, 6.45) is 0.879. The number of hydrogen-bond donors (Lipinski definition) is 2. The largest absolute Gasteiger partial charge is 0.507 e. The normalized spacial score (nSPS) is 27.7. The maximum Gasteiger partial charge on any atom is 0.233 e. The van der Waals surface area contributed by atoms with E-state index in [1.807, 2.05) is 6.07 Å². The highest BCUT2D eigenvalue weighted by Crippen LogP contribution is 2.32. The summed E-state index contributed by atoms with van der Waals surface area (Å²) in [5.41, 5.74) is 1.29. The van der Waals surface area contributed by atoms with Gasteiger partial charge in [0.2, 0.25) is 5.88 Å². The Kier molecular flexibility index (Phi) is 3.98. The molecule has 2 N–H and O–H groups in total. The molecule has 1 aromatic carbocycles. The molecule has 0 saturated carbocycles. The van der Waals surface area contributed by atoms with Crippen molar-refractivity contribution in [2.24, 2.45) is 0 Å². The number of phenolic OH excluding ortho intramolecular Hbond substituents is 1. The number of alkyl halides is 1. The van der Waals surface area contributed by atoms with Crippen molar-refractivity contribution >= 4 is 0 Å². The van der Waals surface area contributed by atoms with Gasteiger partial charge in [-0.3, -0.25) is 0 Å². The van der Waals surface area contributed by atoms with E-state index >= 15 is 0 Å². The van der Waals surface area contributed by atoms with Crippen LogP contribution < -0.4 is 10.1 Å². The number of halogens is 1. The van der Waals surface area contributed by atoms with Gasteiger partial charge in [0, 0.05) is 30.1 Å². The summed E-state index contributed by atoms with van der Waals surface area (Å²) in [5, 5.41) is 30.2. The van der Waals surface area contributed by atoms with Crippen molar-refractivity contribution in [3.05, 3.63) is 35.9 Å². The van der Waals surface area contributed by atoms with E-state index in [2.05, 4.69) is 15.5 Å². The number of nitrogens with one attached hydrogen (secondary N) is 1. The van der Waals surface area contributed by atoms with Crippen LogP contribution in [0.15, 0.2) is 30.3 Å². The number of benzene rings is 1. The second kappa shape index (κ2) is 6.30. The Balaban J connectivity index is 1.50. The predicted octanol–water partition coefficient (Wildman–Crippen LogP) is 2.33. The fraction of sp³-hybridized carbons (Fsp3) is 0.389. The average molecular weight is 340 g/mol. The molecule has 0 spiro atoms. The van der Waals surface area contributed by atoms with Crippen molar-refractivity contribution in [3.8, 4) is 29.0 Å². The van der Waals surface area contributed by atoms with E-state index in [1.54, 1.807) is 24.3 Å². The van der Waals surface area contributed by atoms with E-state index < -0.39 is 12.3 Å². The van der Waals surface area contributed by atoms with Crippen LogP contribution in [0.2, 0.25) is 0 Å². The van der Waals surface area contributed by atoms with E-state index in [0.29, 0.717) is 29.3 Å². The number of ether oxygens (including phenoxy) is 1. The molecule has 25 heavy (non-hydrogen) atoms. The highest BCUT2D eigenvalue weighted by molar-refractivity contribution is 5.67. The molecule has 7 heteroatoms. The van der Waals surface area contributed by atoms with Gasteiger partial charge in [-0.15, -0.1) is 10.2 Å². The van der Waals surface area contributed by atoms with Gasteiger partial charge in [0.25, 0.3) is 0 Å². The molecule has 2 unspecified atom stereocenters. The average Bonchev–Trinajstić information content (AvgIpc) is 3.04. The van der Waals surface area contributed by atoms with E-state index in [1.165, 1.54) is 6.07 Å². The molecule has 0 radical (unpaired) electrons. The zero-order valence-electron chi connectivity index (χ0n) is 13.4. The SMILES string of the molecule is N#Cc1ccc(-c2ccc(O[C@@H]3CC4CCC(N4)[C@@H]3F)nn2)c(O)c1.